The van der Waals surface area contributed by atoms with E-state index in [4.69, 9.17) is 5.11 Å². The fourth-order valence-electron chi connectivity index (χ4n) is 0.391. The van der Waals surface area contributed by atoms with Gasteiger partial charge in [-0.15, -0.1) is 0 Å². The number of amides is 2. The smallest absolute Gasteiger partial charge is 0.246 e. The van der Waals surface area contributed by atoms with Crippen molar-refractivity contribution in [2.24, 2.45) is 5.73 Å². The second kappa shape index (κ2) is 8.96. The Morgan fingerprint density at radius 2 is 2.00 bits per heavy atom. The summed E-state index contributed by atoms with van der Waals surface area (Å²) in [5.74, 6) is -0.689. The zero-order valence-corrected chi connectivity index (χ0v) is 9.12. The SMILES string of the molecule is C=C(C)C(=O)NCC(C)O.C=CC(N)=O. The molecule has 0 rings (SSSR count). The molecule has 15 heavy (non-hydrogen) atoms. The van der Waals surface area contributed by atoms with Crippen LogP contribution in [0.3, 0.4) is 0 Å². The molecule has 0 spiro atoms. The van der Waals surface area contributed by atoms with Crippen LogP contribution in [-0.2, 0) is 9.59 Å². The molecule has 1 atom stereocenters. The quantitative estimate of drug-likeness (QED) is 0.562. The molecule has 0 aromatic carbocycles. The molecule has 0 aliphatic heterocycles. The summed E-state index contributed by atoms with van der Waals surface area (Å²) in [6.07, 6.45) is 0.559. The first-order valence-corrected chi connectivity index (χ1v) is 4.34. The maximum atomic E-state index is 10.7. The lowest BCUT2D eigenvalue weighted by Gasteiger charge is -2.05. The average molecular weight is 214 g/mol. The van der Waals surface area contributed by atoms with Crippen LogP contribution in [-0.4, -0.2) is 29.6 Å². The molecule has 0 aromatic heterocycles. The van der Waals surface area contributed by atoms with Crippen LogP contribution < -0.4 is 11.1 Å². The number of nitrogens with one attached hydrogen (secondary N) is 1. The number of primary amides is 1. The zero-order chi connectivity index (χ0) is 12.4. The summed E-state index contributed by atoms with van der Waals surface area (Å²) in [7, 11) is 0. The molecule has 1 unspecified atom stereocenters. The fourth-order valence-corrected chi connectivity index (χ4v) is 0.391. The molecule has 2 amide bonds. The van der Waals surface area contributed by atoms with Gasteiger partial charge < -0.3 is 16.2 Å². The van der Waals surface area contributed by atoms with Gasteiger partial charge in [-0.3, -0.25) is 9.59 Å². The van der Waals surface area contributed by atoms with Crippen molar-refractivity contribution in [3.05, 3.63) is 24.8 Å². The lowest BCUT2D eigenvalue weighted by atomic mass is 10.3. The first-order chi connectivity index (χ1) is 6.81. The zero-order valence-electron chi connectivity index (χ0n) is 9.12. The number of nitrogens with two attached hydrogens (primary N) is 1. The van der Waals surface area contributed by atoms with E-state index in [1.54, 1.807) is 13.8 Å². The number of aliphatic hydroxyl groups is 1. The number of rotatable bonds is 4. The van der Waals surface area contributed by atoms with Crippen LogP contribution in [0.1, 0.15) is 13.8 Å². The third kappa shape index (κ3) is 15.2. The molecule has 4 N–H and O–H groups in total. The minimum absolute atomic E-state index is 0.207. The first-order valence-electron chi connectivity index (χ1n) is 4.34. The molecule has 0 saturated carbocycles. The van der Waals surface area contributed by atoms with Crippen molar-refractivity contribution in [2.75, 3.05) is 6.54 Å². The molecule has 0 aromatic rings. The van der Waals surface area contributed by atoms with E-state index in [-0.39, 0.29) is 12.5 Å². The van der Waals surface area contributed by atoms with Gasteiger partial charge in [0.2, 0.25) is 11.8 Å². The van der Waals surface area contributed by atoms with Crippen LogP contribution in [0.5, 0.6) is 0 Å². The number of aliphatic hydroxyl groups excluding tert-OH is 1. The summed E-state index contributed by atoms with van der Waals surface area (Å²) >= 11 is 0. The Balaban J connectivity index is 0. The van der Waals surface area contributed by atoms with Crippen molar-refractivity contribution in [2.45, 2.75) is 20.0 Å². The molecule has 0 aliphatic carbocycles. The Bertz CT molecular complexity index is 247. The van der Waals surface area contributed by atoms with Crippen LogP contribution in [0.25, 0.3) is 0 Å². The maximum Gasteiger partial charge on any atom is 0.246 e. The standard InChI is InChI=1S/C7H13NO2.C3H5NO/c1-5(2)7(10)8-4-6(3)9;1-2-3(4)5/h6,9H,1,4H2,2-3H3,(H,8,10);2H,1H2,(H2,4,5). The summed E-state index contributed by atoms with van der Waals surface area (Å²) < 4.78 is 0. The highest BCUT2D eigenvalue weighted by atomic mass is 16.3. The van der Waals surface area contributed by atoms with E-state index in [0.29, 0.717) is 5.57 Å². The summed E-state index contributed by atoms with van der Waals surface area (Å²) in [6, 6.07) is 0. The van der Waals surface area contributed by atoms with Crippen LogP contribution in [0.4, 0.5) is 0 Å². The van der Waals surface area contributed by atoms with Gasteiger partial charge in [-0.1, -0.05) is 13.2 Å². The predicted octanol–water partition coefficient (Wildman–Crippen LogP) is -0.283. The molecule has 0 aliphatic rings. The number of carbonyl (C=O) groups is 2. The van der Waals surface area contributed by atoms with Crippen molar-refractivity contribution >= 4 is 11.8 Å². The van der Waals surface area contributed by atoms with Gasteiger partial charge in [-0.2, -0.15) is 0 Å². The lowest BCUT2D eigenvalue weighted by Crippen LogP contribution is -2.30. The highest BCUT2D eigenvalue weighted by molar-refractivity contribution is 5.92. The van der Waals surface area contributed by atoms with Crippen molar-refractivity contribution in [1.82, 2.24) is 5.32 Å². The van der Waals surface area contributed by atoms with Crippen molar-refractivity contribution in [3.8, 4) is 0 Å². The second-order valence-electron chi connectivity index (χ2n) is 2.95. The van der Waals surface area contributed by atoms with Gasteiger partial charge in [0.05, 0.1) is 6.10 Å². The van der Waals surface area contributed by atoms with Crippen LogP contribution in [0.2, 0.25) is 0 Å². The number of hydrogen-bond acceptors (Lipinski definition) is 3. The molecule has 86 valence electrons. The second-order valence-corrected chi connectivity index (χ2v) is 2.95. The minimum atomic E-state index is -0.497. The molecule has 0 heterocycles. The van der Waals surface area contributed by atoms with E-state index < -0.39 is 12.0 Å². The normalized spacial score (nSPS) is 10.3. The van der Waals surface area contributed by atoms with Gasteiger partial charge in [-0.25, -0.2) is 0 Å². The van der Waals surface area contributed by atoms with E-state index in [1.165, 1.54) is 0 Å². The largest absolute Gasteiger partial charge is 0.392 e. The molecule has 0 bridgehead atoms. The molecule has 5 nitrogen and oxygen atoms in total. The van der Waals surface area contributed by atoms with Crippen molar-refractivity contribution in [3.63, 3.8) is 0 Å². The van der Waals surface area contributed by atoms with Crippen LogP contribution >= 0.6 is 0 Å². The number of carbonyl (C=O) groups excluding carboxylic acids is 2. The molecule has 0 fully saturated rings. The van der Waals surface area contributed by atoms with Gasteiger partial charge in [-0.05, 0) is 19.9 Å². The fraction of sp³-hybridized carbons (Fsp3) is 0.400. The highest BCUT2D eigenvalue weighted by Gasteiger charge is 2.01. The Kier molecular flexibility index (Phi) is 9.45. The van der Waals surface area contributed by atoms with Gasteiger partial charge in [0, 0.05) is 12.1 Å². The van der Waals surface area contributed by atoms with Gasteiger partial charge >= 0.3 is 0 Å². The van der Waals surface area contributed by atoms with Crippen molar-refractivity contribution in [1.29, 1.82) is 0 Å². The predicted molar refractivity (Wildman–Crippen MR) is 58.9 cm³/mol. The summed E-state index contributed by atoms with van der Waals surface area (Å²) in [5.41, 5.74) is 4.99. The Hall–Kier alpha value is -1.62. The highest BCUT2D eigenvalue weighted by Crippen LogP contribution is 1.85. The lowest BCUT2D eigenvalue weighted by molar-refractivity contribution is -0.117. The van der Waals surface area contributed by atoms with E-state index in [0.717, 1.165) is 6.08 Å². The van der Waals surface area contributed by atoms with Gasteiger partial charge in [0.15, 0.2) is 0 Å². The van der Waals surface area contributed by atoms with E-state index >= 15 is 0 Å². The summed E-state index contributed by atoms with van der Waals surface area (Å²) in [6.45, 7) is 10.0. The van der Waals surface area contributed by atoms with Crippen LogP contribution in [0.15, 0.2) is 24.8 Å². The minimum Gasteiger partial charge on any atom is -0.392 e. The molecule has 0 radical (unpaired) electrons. The molecule has 0 saturated heterocycles. The third-order valence-corrected chi connectivity index (χ3v) is 1.15. The summed E-state index contributed by atoms with van der Waals surface area (Å²) in [5, 5.41) is 11.2. The Morgan fingerprint density at radius 3 is 2.20 bits per heavy atom. The third-order valence-electron chi connectivity index (χ3n) is 1.15. The monoisotopic (exact) mass is 214 g/mol. The molecule has 5 heteroatoms. The average Bonchev–Trinajstić information content (AvgIpc) is 2.14. The van der Waals surface area contributed by atoms with Crippen LogP contribution in [0, 0.1) is 0 Å². The Labute approximate surface area is 89.7 Å². The van der Waals surface area contributed by atoms with E-state index in [1.807, 2.05) is 0 Å². The van der Waals surface area contributed by atoms with E-state index in [2.05, 4.69) is 24.2 Å². The van der Waals surface area contributed by atoms with E-state index in [9.17, 15) is 9.59 Å². The maximum absolute atomic E-state index is 10.7. The molecular weight excluding hydrogens is 196 g/mol. The first kappa shape index (κ1) is 15.8. The van der Waals surface area contributed by atoms with Gasteiger partial charge in [0.1, 0.15) is 0 Å². The van der Waals surface area contributed by atoms with Gasteiger partial charge in [0.25, 0.3) is 0 Å². The topological polar surface area (TPSA) is 92.4 Å². The molecular formula is C10H18N2O3. The summed E-state index contributed by atoms with van der Waals surface area (Å²) in [4.78, 5) is 20.2. The Morgan fingerprint density at radius 1 is 1.60 bits per heavy atom. The van der Waals surface area contributed by atoms with Crippen molar-refractivity contribution < 1.29 is 14.7 Å². The number of hydrogen-bond donors (Lipinski definition) is 3.